The van der Waals surface area contributed by atoms with Gasteiger partial charge in [-0.05, 0) is 36.8 Å². The zero-order chi connectivity index (χ0) is 14.7. The largest absolute Gasteiger partial charge is 0.342 e. The Kier molecular flexibility index (Phi) is 4.18. The van der Waals surface area contributed by atoms with Crippen LogP contribution >= 0.6 is 0 Å². The van der Waals surface area contributed by atoms with Gasteiger partial charge in [-0.25, -0.2) is 0 Å². The molecule has 3 rings (SSSR count). The summed E-state index contributed by atoms with van der Waals surface area (Å²) in [5, 5.41) is 1.10. The monoisotopic (exact) mass is 282 g/mol. The van der Waals surface area contributed by atoms with Crippen molar-refractivity contribution in [3.05, 3.63) is 42.1 Å². The lowest BCUT2D eigenvalue weighted by Crippen LogP contribution is -2.34. The van der Waals surface area contributed by atoms with Gasteiger partial charge in [-0.15, -0.1) is 0 Å². The molecule has 0 radical (unpaired) electrons. The van der Waals surface area contributed by atoms with E-state index < -0.39 is 0 Å². The molecule has 1 aliphatic carbocycles. The van der Waals surface area contributed by atoms with Crippen LogP contribution in [-0.4, -0.2) is 28.9 Å². The van der Waals surface area contributed by atoms with E-state index in [2.05, 4.69) is 11.9 Å². The fraction of sp³-hybridized carbons (Fsp3) is 0.444. The van der Waals surface area contributed by atoms with Gasteiger partial charge in [0.1, 0.15) is 0 Å². The first-order chi connectivity index (χ1) is 10.3. The van der Waals surface area contributed by atoms with E-state index in [1.54, 1.807) is 6.20 Å². The van der Waals surface area contributed by atoms with Gasteiger partial charge in [-0.2, -0.15) is 0 Å². The Hall–Kier alpha value is -1.90. The Morgan fingerprint density at radius 1 is 1.29 bits per heavy atom. The molecular weight excluding hydrogens is 260 g/mol. The molecule has 0 bridgehead atoms. The molecule has 1 heterocycles. The van der Waals surface area contributed by atoms with E-state index in [9.17, 15) is 4.79 Å². The van der Waals surface area contributed by atoms with E-state index in [1.807, 2.05) is 35.2 Å². The normalized spacial score (nSPS) is 14.3. The molecule has 0 saturated heterocycles. The standard InChI is InChI=1S/C18H22N2O/c1-2-11-20(13-14-8-9-14)17(21)12-16-6-3-5-15-7-4-10-19-18(15)16/h3-7,10,14H,2,8-9,11-13H2,1H3. The summed E-state index contributed by atoms with van der Waals surface area (Å²) in [6.45, 7) is 3.94. The fourth-order valence-electron chi connectivity index (χ4n) is 2.78. The van der Waals surface area contributed by atoms with Crippen LogP contribution in [0, 0.1) is 5.92 Å². The summed E-state index contributed by atoms with van der Waals surface area (Å²) in [4.78, 5) is 19.1. The highest BCUT2D eigenvalue weighted by Gasteiger charge is 2.26. The molecule has 0 atom stereocenters. The van der Waals surface area contributed by atoms with Gasteiger partial charge in [0.25, 0.3) is 0 Å². The van der Waals surface area contributed by atoms with Crippen molar-refractivity contribution in [2.45, 2.75) is 32.6 Å². The third-order valence-corrected chi connectivity index (χ3v) is 4.08. The molecule has 0 unspecified atom stereocenters. The molecule has 1 amide bonds. The molecule has 1 fully saturated rings. The number of pyridine rings is 1. The molecule has 0 N–H and O–H groups in total. The molecular formula is C18H22N2O. The van der Waals surface area contributed by atoms with Gasteiger partial charge in [-0.1, -0.05) is 31.2 Å². The third-order valence-electron chi connectivity index (χ3n) is 4.08. The average Bonchev–Trinajstić information content (AvgIpc) is 3.31. The lowest BCUT2D eigenvalue weighted by molar-refractivity contribution is -0.130. The van der Waals surface area contributed by atoms with E-state index in [1.165, 1.54) is 12.8 Å². The van der Waals surface area contributed by atoms with Crippen LogP contribution in [0.4, 0.5) is 0 Å². The number of nitrogens with zero attached hydrogens (tertiary/aromatic N) is 2. The van der Waals surface area contributed by atoms with Crippen molar-refractivity contribution in [2.75, 3.05) is 13.1 Å². The summed E-state index contributed by atoms with van der Waals surface area (Å²) >= 11 is 0. The van der Waals surface area contributed by atoms with Crippen molar-refractivity contribution in [1.29, 1.82) is 0 Å². The van der Waals surface area contributed by atoms with Crippen molar-refractivity contribution < 1.29 is 4.79 Å². The molecule has 1 saturated carbocycles. The number of rotatable bonds is 6. The zero-order valence-electron chi connectivity index (χ0n) is 12.6. The highest BCUT2D eigenvalue weighted by Crippen LogP contribution is 2.30. The molecule has 0 aliphatic heterocycles. The topological polar surface area (TPSA) is 33.2 Å². The van der Waals surface area contributed by atoms with Gasteiger partial charge in [0, 0.05) is 24.7 Å². The fourth-order valence-corrected chi connectivity index (χ4v) is 2.78. The second kappa shape index (κ2) is 6.25. The first-order valence-corrected chi connectivity index (χ1v) is 7.88. The van der Waals surface area contributed by atoms with Gasteiger partial charge in [-0.3, -0.25) is 9.78 Å². The number of benzene rings is 1. The summed E-state index contributed by atoms with van der Waals surface area (Å²) in [5.41, 5.74) is 1.99. The first-order valence-electron chi connectivity index (χ1n) is 7.88. The van der Waals surface area contributed by atoms with E-state index in [4.69, 9.17) is 0 Å². The van der Waals surface area contributed by atoms with Crippen molar-refractivity contribution in [1.82, 2.24) is 9.88 Å². The zero-order valence-corrected chi connectivity index (χ0v) is 12.6. The Bertz CT molecular complexity index is 629. The van der Waals surface area contributed by atoms with Crippen LogP contribution in [0.3, 0.4) is 0 Å². The number of hydrogen-bond acceptors (Lipinski definition) is 2. The second-order valence-electron chi connectivity index (χ2n) is 5.95. The predicted molar refractivity (Wildman–Crippen MR) is 85.0 cm³/mol. The number of fused-ring (bicyclic) bond motifs is 1. The predicted octanol–water partition coefficient (Wildman–Crippen LogP) is 3.43. The quantitative estimate of drug-likeness (QED) is 0.813. The number of carbonyl (C=O) groups excluding carboxylic acids is 1. The number of hydrogen-bond donors (Lipinski definition) is 0. The second-order valence-corrected chi connectivity index (χ2v) is 5.95. The Morgan fingerprint density at radius 3 is 2.86 bits per heavy atom. The maximum atomic E-state index is 12.6. The minimum absolute atomic E-state index is 0.238. The summed E-state index contributed by atoms with van der Waals surface area (Å²) in [6, 6.07) is 10.1. The van der Waals surface area contributed by atoms with Crippen molar-refractivity contribution in [3.63, 3.8) is 0 Å². The van der Waals surface area contributed by atoms with E-state index in [0.29, 0.717) is 6.42 Å². The van der Waals surface area contributed by atoms with Crippen molar-refractivity contribution in [3.8, 4) is 0 Å². The molecule has 21 heavy (non-hydrogen) atoms. The summed E-state index contributed by atoms with van der Waals surface area (Å²) < 4.78 is 0. The number of amides is 1. The Balaban J connectivity index is 1.77. The number of aromatic nitrogens is 1. The maximum absolute atomic E-state index is 12.6. The summed E-state index contributed by atoms with van der Waals surface area (Å²) in [5.74, 6) is 0.980. The van der Waals surface area contributed by atoms with Crippen molar-refractivity contribution >= 4 is 16.8 Å². The Morgan fingerprint density at radius 2 is 2.10 bits per heavy atom. The van der Waals surface area contributed by atoms with Crippen LogP contribution in [0.15, 0.2) is 36.5 Å². The highest BCUT2D eigenvalue weighted by molar-refractivity contribution is 5.87. The van der Waals surface area contributed by atoms with E-state index in [-0.39, 0.29) is 5.91 Å². The molecule has 110 valence electrons. The van der Waals surface area contributed by atoms with Gasteiger partial charge >= 0.3 is 0 Å². The van der Waals surface area contributed by atoms with Gasteiger partial charge < -0.3 is 4.90 Å². The average molecular weight is 282 g/mol. The molecule has 3 heteroatoms. The minimum Gasteiger partial charge on any atom is -0.342 e. The summed E-state index contributed by atoms with van der Waals surface area (Å²) in [7, 11) is 0. The molecule has 1 aliphatic rings. The van der Waals surface area contributed by atoms with E-state index >= 15 is 0 Å². The van der Waals surface area contributed by atoms with Crippen LogP contribution in [0.2, 0.25) is 0 Å². The van der Waals surface area contributed by atoms with Crippen LogP contribution in [0.25, 0.3) is 10.9 Å². The van der Waals surface area contributed by atoms with Gasteiger partial charge in [0.05, 0.1) is 11.9 Å². The van der Waals surface area contributed by atoms with Gasteiger partial charge in [0.2, 0.25) is 5.91 Å². The smallest absolute Gasteiger partial charge is 0.227 e. The molecule has 1 aromatic heterocycles. The first kappa shape index (κ1) is 14.1. The van der Waals surface area contributed by atoms with Crippen LogP contribution < -0.4 is 0 Å². The molecule has 3 nitrogen and oxygen atoms in total. The van der Waals surface area contributed by atoms with Crippen LogP contribution in [-0.2, 0) is 11.2 Å². The molecule has 1 aromatic carbocycles. The minimum atomic E-state index is 0.238. The lowest BCUT2D eigenvalue weighted by Gasteiger charge is -2.22. The molecule has 0 spiro atoms. The van der Waals surface area contributed by atoms with Crippen LogP contribution in [0.5, 0.6) is 0 Å². The molecule has 2 aromatic rings. The summed E-state index contributed by atoms with van der Waals surface area (Å²) in [6.07, 6.45) is 5.84. The highest BCUT2D eigenvalue weighted by atomic mass is 16.2. The Labute approximate surface area is 126 Å². The van der Waals surface area contributed by atoms with Crippen molar-refractivity contribution in [2.24, 2.45) is 5.92 Å². The maximum Gasteiger partial charge on any atom is 0.227 e. The third kappa shape index (κ3) is 3.41. The number of para-hydroxylation sites is 1. The SMILES string of the molecule is CCCN(CC1CC1)C(=O)Cc1cccc2cccnc12. The number of carbonyl (C=O) groups is 1. The van der Waals surface area contributed by atoms with E-state index in [0.717, 1.165) is 41.9 Å². The van der Waals surface area contributed by atoms with Gasteiger partial charge in [0.15, 0.2) is 0 Å². The van der Waals surface area contributed by atoms with Crippen LogP contribution in [0.1, 0.15) is 31.7 Å². The lowest BCUT2D eigenvalue weighted by atomic mass is 10.1.